The van der Waals surface area contributed by atoms with Crippen molar-refractivity contribution in [3.63, 3.8) is 0 Å². The minimum Gasteiger partial charge on any atom is -0.484 e. The summed E-state index contributed by atoms with van der Waals surface area (Å²) in [5.74, 6) is 3.59. The number of hydrogen-bond donors (Lipinski definition) is 1. The van der Waals surface area contributed by atoms with Crippen LogP contribution in [0.2, 0.25) is 0 Å². The number of carbonyl (C=O) groups excluding carboxylic acids is 2. The second kappa shape index (κ2) is 8.06. The van der Waals surface area contributed by atoms with Crippen molar-refractivity contribution < 1.29 is 18.7 Å². The van der Waals surface area contributed by atoms with Crippen molar-refractivity contribution >= 4 is 17.5 Å². The first-order chi connectivity index (χ1) is 15.0. The third-order valence-corrected chi connectivity index (χ3v) is 7.31. The molecule has 164 valence electrons. The largest absolute Gasteiger partial charge is 0.484 e. The molecule has 4 saturated carbocycles. The van der Waals surface area contributed by atoms with Crippen LogP contribution in [0.5, 0.6) is 5.75 Å². The number of anilines is 1. The van der Waals surface area contributed by atoms with Crippen LogP contribution < -0.4 is 10.1 Å². The first-order valence-electron chi connectivity index (χ1n) is 11.3. The molecule has 0 aliphatic heterocycles. The van der Waals surface area contributed by atoms with Crippen LogP contribution in [0.3, 0.4) is 0 Å². The van der Waals surface area contributed by atoms with E-state index in [-0.39, 0.29) is 24.0 Å². The monoisotopic (exact) mass is 422 g/mol. The Kier molecular flexibility index (Phi) is 5.24. The molecule has 2 aromatic rings. The Morgan fingerprint density at radius 3 is 2.26 bits per heavy atom. The number of nitrogens with one attached hydrogen (secondary N) is 1. The summed E-state index contributed by atoms with van der Waals surface area (Å²) < 4.78 is 11.5. The molecule has 0 saturated heterocycles. The Labute approximate surface area is 182 Å². The van der Waals surface area contributed by atoms with Gasteiger partial charge in [0, 0.05) is 18.2 Å². The van der Waals surface area contributed by atoms with E-state index >= 15 is 0 Å². The summed E-state index contributed by atoms with van der Waals surface area (Å²) in [6.45, 7) is 1.98. The van der Waals surface area contributed by atoms with E-state index < -0.39 is 0 Å². The molecule has 6 rings (SSSR count). The Hall–Kier alpha value is -2.76. The van der Waals surface area contributed by atoms with Gasteiger partial charge in [-0.05, 0) is 92.7 Å². The van der Waals surface area contributed by atoms with Crippen molar-refractivity contribution in [1.82, 2.24) is 4.90 Å². The highest BCUT2D eigenvalue weighted by Gasteiger charge is 2.54. The Morgan fingerprint density at radius 1 is 1.06 bits per heavy atom. The lowest BCUT2D eigenvalue weighted by molar-refractivity contribution is -0.155. The zero-order chi connectivity index (χ0) is 21.4. The second-order valence-corrected chi connectivity index (χ2v) is 9.70. The van der Waals surface area contributed by atoms with Gasteiger partial charge in [-0.25, -0.2) is 0 Å². The number of hydrogen-bond acceptors (Lipinski definition) is 4. The Morgan fingerprint density at radius 2 is 1.71 bits per heavy atom. The van der Waals surface area contributed by atoms with Crippen molar-refractivity contribution in [3.05, 3.63) is 48.4 Å². The van der Waals surface area contributed by atoms with E-state index in [2.05, 4.69) is 10.2 Å². The van der Waals surface area contributed by atoms with Crippen LogP contribution >= 0.6 is 0 Å². The number of amides is 2. The van der Waals surface area contributed by atoms with Gasteiger partial charge in [0.2, 0.25) is 5.91 Å². The smallest absolute Gasteiger partial charge is 0.261 e. The molecule has 6 nitrogen and oxygen atoms in total. The van der Waals surface area contributed by atoms with Gasteiger partial charge in [0.25, 0.3) is 5.91 Å². The molecule has 1 aromatic heterocycles. The van der Waals surface area contributed by atoms with Crippen LogP contribution in [-0.4, -0.2) is 28.9 Å². The van der Waals surface area contributed by atoms with Gasteiger partial charge in [0.05, 0.1) is 12.8 Å². The molecule has 6 heteroatoms. The van der Waals surface area contributed by atoms with Gasteiger partial charge in [-0.15, -0.1) is 0 Å². The van der Waals surface area contributed by atoms with E-state index in [4.69, 9.17) is 9.15 Å². The molecule has 4 fully saturated rings. The summed E-state index contributed by atoms with van der Waals surface area (Å²) in [7, 11) is 0. The molecular formula is C25H30N2O4. The number of carbonyl (C=O) groups is 2. The van der Waals surface area contributed by atoms with Crippen LogP contribution in [0.1, 0.15) is 51.2 Å². The van der Waals surface area contributed by atoms with Crippen LogP contribution in [0.25, 0.3) is 0 Å². The average molecular weight is 423 g/mol. The lowest BCUT2D eigenvalue weighted by Crippen LogP contribution is -2.61. The second-order valence-electron chi connectivity index (χ2n) is 9.70. The normalized spacial score (nSPS) is 28.4. The maximum atomic E-state index is 13.5. The molecule has 0 spiro atoms. The average Bonchev–Trinajstić information content (AvgIpc) is 3.23. The summed E-state index contributed by atoms with van der Waals surface area (Å²) in [5, 5.41) is 2.73. The van der Waals surface area contributed by atoms with Crippen LogP contribution in [0.4, 0.5) is 5.69 Å². The highest BCUT2D eigenvalue weighted by atomic mass is 16.5. The Balaban J connectivity index is 1.31. The van der Waals surface area contributed by atoms with E-state index in [9.17, 15) is 9.59 Å². The van der Waals surface area contributed by atoms with Crippen molar-refractivity contribution in [1.29, 1.82) is 0 Å². The van der Waals surface area contributed by atoms with Crippen LogP contribution in [-0.2, 0) is 16.1 Å². The summed E-state index contributed by atoms with van der Waals surface area (Å²) in [5.41, 5.74) is 0.649. The number of benzene rings is 1. The van der Waals surface area contributed by atoms with Crippen LogP contribution in [0, 0.1) is 17.8 Å². The Bertz CT molecular complexity index is 900. The third-order valence-electron chi connectivity index (χ3n) is 7.31. The van der Waals surface area contributed by atoms with Gasteiger partial charge >= 0.3 is 0 Å². The molecule has 4 aliphatic carbocycles. The quantitative estimate of drug-likeness (QED) is 0.707. The van der Waals surface area contributed by atoms with E-state index in [1.807, 2.05) is 12.1 Å². The highest BCUT2D eigenvalue weighted by molar-refractivity contribution is 5.88. The van der Waals surface area contributed by atoms with Gasteiger partial charge in [0.15, 0.2) is 6.61 Å². The number of furan rings is 1. The van der Waals surface area contributed by atoms with Gasteiger partial charge in [-0.2, -0.15) is 0 Å². The SMILES string of the molecule is CC(=O)Nc1ccc(OCC(=O)N(Cc2ccco2)C23CC4CC(CC(C4)C2)C3)cc1. The number of nitrogens with zero attached hydrogens (tertiary/aromatic N) is 1. The highest BCUT2D eigenvalue weighted by Crippen LogP contribution is 2.58. The van der Waals surface area contributed by atoms with Crippen molar-refractivity contribution in [2.24, 2.45) is 17.8 Å². The predicted octanol–water partition coefficient (Wildman–Crippen LogP) is 4.61. The fourth-order valence-corrected chi connectivity index (χ4v) is 6.54. The zero-order valence-electron chi connectivity index (χ0n) is 18.0. The van der Waals surface area contributed by atoms with Crippen molar-refractivity contribution in [2.75, 3.05) is 11.9 Å². The summed E-state index contributed by atoms with van der Waals surface area (Å²) >= 11 is 0. The summed E-state index contributed by atoms with van der Waals surface area (Å²) in [6.07, 6.45) is 8.99. The molecule has 2 amide bonds. The topological polar surface area (TPSA) is 71.8 Å². The molecule has 0 radical (unpaired) electrons. The van der Waals surface area contributed by atoms with Gasteiger partial charge in [-0.1, -0.05) is 0 Å². The molecule has 1 aromatic carbocycles. The lowest BCUT2D eigenvalue weighted by Gasteiger charge is -2.60. The number of rotatable bonds is 7. The molecule has 0 atom stereocenters. The van der Waals surface area contributed by atoms with Crippen molar-refractivity contribution in [2.45, 2.75) is 57.5 Å². The molecule has 4 aliphatic rings. The summed E-state index contributed by atoms with van der Waals surface area (Å²) in [4.78, 5) is 26.7. The lowest BCUT2D eigenvalue weighted by atomic mass is 9.52. The third kappa shape index (κ3) is 4.21. The predicted molar refractivity (Wildman–Crippen MR) is 116 cm³/mol. The summed E-state index contributed by atoms with van der Waals surface area (Å²) in [6, 6.07) is 10.9. The van der Waals surface area contributed by atoms with E-state index in [0.717, 1.165) is 42.8 Å². The molecule has 4 bridgehead atoms. The first-order valence-corrected chi connectivity index (χ1v) is 11.3. The van der Waals surface area contributed by atoms with E-state index in [0.29, 0.717) is 18.0 Å². The van der Waals surface area contributed by atoms with E-state index in [1.54, 1.807) is 30.5 Å². The molecule has 31 heavy (non-hydrogen) atoms. The van der Waals surface area contributed by atoms with Gasteiger partial charge in [-0.3, -0.25) is 9.59 Å². The molecule has 1 heterocycles. The number of ether oxygens (including phenoxy) is 1. The molecule has 1 N–H and O–H groups in total. The van der Waals surface area contributed by atoms with Gasteiger partial charge in [0.1, 0.15) is 11.5 Å². The standard InChI is InChI=1S/C25H30N2O4/c1-17(28)26-21-4-6-22(7-5-21)31-16-24(29)27(15-23-3-2-8-30-23)25-12-18-9-19(13-25)11-20(10-18)14-25/h2-8,18-20H,9-16H2,1H3,(H,26,28). The van der Waals surface area contributed by atoms with Crippen LogP contribution in [0.15, 0.2) is 47.1 Å². The minimum atomic E-state index is -0.118. The maximum Gasteiger partial charge on any atom is 0.261 e. The minimum absolute atomic E-state index is 0.00193. The maximum absolute atomic E-state index is 13.5. The first kappa shape index (κ1) is 20.2. The van der Waals surface area contributed by atoms with Crippen molar-refractivity contribution in [3.8, 4) is 5.75 Å². The van der Waals surface area contributed by atoms with Gasteiger partial charge < -0.3 is 19.4 Å². The molecule has 0 unspecified atom stereocenters. The fourth-order valence-electron chi connectivity index (χ4n) is 6.54. The fraction of sp³-hybridized carbons (Fsp3) is 0.520. The molecular weight excluding hydrogens is 392 g/mol. The van der Waals surface area contributed by atoms with E-state index in [1.165, 1.54) is 26.2 Å². The zero-order valence-corrected chi connectivity index (χ0v) is 18.0.